The highest BCUT2D eigenvalue weighted by molar-refractivity contribution is 7.10. The second-order valence-electron chi connectivity index (χ2n) is 5.34. The molecule has 0 aliphatic carbocycles. The number of amides is 2. The van der Waals surface area contributed by atoms with Gasteiger partial charge in [0.15, 0.2) is 0 Å². The fourth-order valence-electron chi connectivity index (χ4n) is 2.49. The molecule has 1 aromatic rings. The molecule has 0 radical (unpaired) electrons. The third-order valence-electron chi connectivity index (χ3n) is 3.60. The highest BCUT2D eigenvalue weighted by Crippen LogP contribution is 2.21. The molecule has 1 aromatic heterocycles. The van der Waals surface area contributed by atoms with Crippen molar-refractivity contribution in [1.82, 2.24) is 15.1 Å². The van der Waals surface area contributed by atoms with Crippen LogP contribution in [0.5, 0.6) is 0 Å². The van der Waals surface area contributed by atoms with Gasteiger partial charge in [0.2, 0.25) is 0 Å². The van der Waals surface area contributed by atoms with Crippen LogP contribution in [0, 0.1) is 0 Å². The van der Waals surface area contributed by atoms with Crippen molar-refractivity contribution in [3.05, 3.63) is 22.4 Å². The van der Waals surface area contributed by atoms with Gasteiger partial charge >= 0.3 is 6.03 Å². The summed E-state index contributed by atoms with van der Waals surface area (Å²) < 4.78 is 0. The number of nitrogens with zero attached hydrogens (tertiary/aromatic N) is 2. The quantitative estimate of drug-likeness (QED) is 0.924. The normalized spacial score (nSPS) is 18.4. The molecule has 1 fully saturated rings. The van der Waals surface area contributed by atoms with Gasteiger partial charge in [-0.3, -0.25) is 0 Å². The van der Waals surface area contributed by atoms with Crippen LogP contribution in [0.4, 0.5) is 4.79 Å². The van der Waals surface area contributed by atoms with E-state index in [4.69, 9.17) is 0 Å². The zero-order chi connectivity index (χ0) is 13.8. The Morgan fingerprint density at radius 3 is 2.68 bits per heavy atom. The second kappa shape index (κ2) is 6.39. The van der Waals surface area contributed by atoms with Crippen molar-refractivity contribution >= 4 is 17.4 Å². The van der Waals surface area contributed by atoms with Crippen LogP contribution in [0.15, 0.2) is 17.5 Å². The lowest BCUT2D eigenvalue weighted by atomic mass is 10.0. The molecule has 0 unspecified atom stereocenters. The topological polar surface area (TPSA) is 35.6 Å². The predicted octanol–water partition coefficient (Wildman–Crippen LogP) is 2.54. The summed E-state index contributed by atoms with van der Waals surface area (Å²) in [5.74, 6) is 0. The Bertz CT molecular complexity index is 397. The maximum atomic E-state index is 11.8. The average molecular weight is 281 g/mol. The molecule has 0 bridgehead atoms. The standard InChI is InChI=1S/C14H23N3OS/c1-11(13-5-4-10-19-13)15-12-6-8-17(9-7-12)14(18)16(2)3/h4-5,10-12,15H,6-9H2,1-3H3/t11-/m0/s1. The van der Waals surface area contributed by atoms with Crippen LogP contribution in [-0.4, -0.2) is 49.1 Å². The van der Waals surface area contributed by atoms with Gasteiger partial charge in [0.05, 0.1) is 0 Å². The maximum Gasteiger partial charge on any atom is 0.319 e. The number of hydrogen-bond acceptors (Lipinski definition) is 3. The molecule has 2 heterocycles. The Labute approximate surface area is 119 Å². The van der Waals surface area contributed by atoms with E-state index in [1.54, 1.807) is 16.2 Å². The van der Waals surface area contributed by atoms with Crippen molar-refractivity contribution in [2.24, 2.45) is 0 Å². The zero-order valence-electron chi connectivity index (χ0n) is 11.9. The Kier molecular flexibility index (Phi) is 4.82. The van der Waals surface area contributed by atoms with E-state index in [-0.39, 0.29) is 6.03 Å². The van der Waals surface area contributed by atoms with Crippen LogP contribution in [0.2, 0.25) is 0 Å². The fraction of sp³-hybridized carbons (Fsp3) is 0.643. The summed E-state index contributed by atoms with van der Waals surface area (Å²) in [5, 5.41) is 5.79. The molecule has 2 rings (SSSR count). The van der Waals surface area contributed by atoms with Crippen LogP contribution in [-0.2, 0) is 0 Å². The molecule has 4 nitrogen and oxygen atoms in total. The van der Waals surface area contributed by atoms with Crippen molar-refractivity contribution in [2.45, 2.75) is 31.8 Å². The third-order valence-corrected chi connectivity index (χ3v) is 4.66. The smallest absolute Gasteiger partial charge is 0.319 e. The van der Waals surface area contributed by atoms with Gasteiger partial charge in [-0.15, -0.1) is 11.3 Å². The predicted molar refractivity (Wildman–Crippen MR) is 79.5 cm³/mol. The lowest BCUT2D eigenvalue weighted by molar-refractivity contribution is 0.151. The van der Waals surface area contributed by atoms with Crippen LogP contribution in [0.25, 0.3) is 0 Å². The molecular weight excluding hydrogens is 258 g/mol. The Morgan fingerprint density at radius 1 is 1.47 bits per heavy atom. The average Bonchev–Trinajstić information content (AvgIpc) is 2.92. The number of carbonyl (C=O) groups excluding carboxylic acids is 1. The largest absolute Gasteiger partial charge is 0.331 e. The number of carbonyl (C=O) groups is 1. The third kappa shape index (κ3) is 3.70. The summed E-state index contributed by atoms with van der Waals surface area (Å²) in [5.41, 5.74) is 0. The minimum atomic E-state index is 0.129. The minimum absolute atomic E-state index is 0.129. The van der Waals surface area contributed by atoms with Crippen molar-refractivity contribution in [3.63, 3.8) is 0 Å². The monoisotopic (exact) mass is 281 g/mol. The van der Waals surface area contributed by atoms with E-state index in [2.05, 4.69) is 29.8 Å². The van der Waals surface area contributed by atoms with E-state index in [9.17, 15) is 4.79 Å². The van der Waals surface area contributed by atoms with Crippen LogP contribution in [0.3, 0.4) is 0 Å². The molecular formula is C14H23N3OS. The first-order chi connectivity index (χ1) is 9.08. The first kappa shape index (κ1) is 14.3. The molecule has 1 N–H and O–H groups in total. The molecule has 106 valence electrons. The Balaban J connectivity index is 1.79. The highest BCUT2D eigenvalue weighted by Gasteiger charge is 2.24. The van der Waals surface area contributed by atoms with Crippen LogP contribution >= 0.6 is 11.3 Å². The van der Waals surface area contributed by atoms with Crippen molar-refractivity contribution in [3.8, 4) is 0 Å². The molecule has 1 saturated heterocycles. The van der Waals surface area contributed by atoms with Crippen LogP contribution < -0.4 is 5.32 Å². The molecule has 5 heteroatoms. The summed E-state index contributed by atoms with van der Waals surface area (Å²) in [6.45, 7) is 3.92. The second-order valence-corrected chi connectivity index (χ2v) is 6.32. The van der Waals surface area contributed by atoms with E-state index in [0.717, 1.165) is 25.9 Å². The molecule has 0 spiro atoms. The molecule has 0 aromatic carbocycles. The van der Waals surface area contributed by atoms with E-state index >= 15 is 0 Å². The zero-order valence-corrected chi connectivity index (χ0v) is 12.7. The molecule has 2 amide bonds. The van der Waals surface area contributed by atoms with Gasteiger partial charge in [-0.25, -0.2) is 4.79 Å². The molecule has 0 saturated carbocycles. The summed E-state index contributed by atoms with van der Waals surface area (Å²) in [6.07, 6.45) is 2.07. The van der Waals surface area contributed by atoms with Gasteiger partial charge < -0.3 is 15.1 Å². The maximum absolute atomic E-state index is 11.8. The molecule has 1 atom stereocenters. The summed E-state index contributed by atoms with van der Waals surface area (Å²) in [6, 6.07) is 5.32. The minimum Gasteiger partial charge on any atom is -0.331 e. The summed E-state index contributed by atoms with van der Waals surface area (Å²) in [7, 11) is 3.62. The lowest BCUT2D eigenvalue weighted by Gasteiger charge is -2.35. The van der Waals surface area contributed by atoms with E-state index < -0.39 is 0 Å². The van der Waals surface area contributed by atoms with E-state index in [1.807, 2.05) is 19.0 Å². The number of thiophene rings is 1. The number of nitrogens with one attached hydrogen (secondary N) is 1. The SMILES string of the molecule is C[C@H](NC1CCN(C(=O)N(C)C)CC1)c1cccs1. The number of piperidine rings is 1. The Morgan fingerprint density at radius 2 is 2.16 bits per heavy atom. The molecule has 19 heavy (non-hydrogen) atoms. The van der Waals surface area contributed by atoms with Gasteiger partial charge in [-0.05, 0) is 31.2 Å². The summed E-state index contributed by atoms with van der Waals surface area (Å²) in [4.78, 5) is 16.8. The summed E-state index contributed by atoms with van der Waals surface area (Å²) >= 11 is 1.80. The first-order valence-electron chi connectivity index (χ1n) is 6.83. The van der Waals surface area contributed by atoms with Crippen molar-refractivity contribution < 1.29 is 4.79 Å². The highest BCUT2D eigenvalue weighted by atomic mass is 32.1. The number of urea groups is 1. The number of likely N-dealkylation sites (tertiary alicyclic amines) is 1. The number of hydrogen-bond donors (Lipinski definition) is 1. The van der Waals surface area contributed by atoms with Gasteiger partial charge in [0, 0.05) is 44.1 Å². The van der Waals surface area contributed by atoms with E-state index in [0.29, 0.717) is 12.1 Å². The van der Waals surface area contributed by atoms with Crippen molar-refractivity contribution in [2.75, 3.05) is 27.2 Å². The van der Waals surface area contributed by atoms with Gasteiger partial charge in [0.25, 0.3) is 0 Å². The lowest BCUT2D eigenvalue weighted by Crippen LogP contribution is -2.48. The number of rotatable bonds is 3. The van der Waals surface area contributed by atoms with Gasteiger partial charge in [-0.1, -0.05) is 6.07 Å². The molecule has 1 aliphatic rings. The van der Waals surface area contributed by atoms with E-state index in [1.165, 1.54) is 4.88 Å². The van der Waals surface area contributed by atoms with Gasteiger partial charge in [-0.2, -0.15) is 0 Å². The Hall–Kier alpha value is -1.07. The fourth-order valence-corrected chi connectivity index (χ4v) is 3.24. The van der Waals surface area contributed by atoms with Crippen molar-refractivity contribution in [1.29, 1.82) is 0 Å². The first-order valence-corrected chi connectivity index (χ1v) is 7.71. The molecule has 1 aliphatic heterocycles. The van der Waals surface area contributed by atoms with Crippen LogP contribution in [0.1, 0.15) is 30.7 Å². The van der Waals surface area contributed by atoms with Gasteiger partial charge in [0.1, 0.15) is 0 Å².